The molecule has 9 heteroatoms. The van der Waals surface area contributed by atoms with Crippen LogP contribution in [-0.4, -0.2) is 48.0 Å². The summed E-state index contributed by atoms with van der Waals surface area (Å²) in [5, 5.41) is 10.9. The van der Waals surface area contributed by atoms with E-state index in [1.54, 1.807) is 13.8 Å². The number of carbonyl (C=O) groups excluding carboxylic acids is 3. The van der Waals surface area contributed by atoms with Crippen LogP contribution in [0.5, 0.6) is 0 Å². The molecule has 2 rings (SSSR count). The number of carboxylic acid groups (broad SMARTS) is 1. The van der Waals surface area contributed by atoms with Crippen LogP contribution < -0.4 is 5.11 Å². The summed E-state index contributed by atoms with van der Waals surface area (Å²) in [5.74, 6) is -8.82. The molecule has 1 saturated heterocycles. The Labute approximate surface area is 180 Å². The Bertz CT molecular complexity index is 819. The van der Waals surface area contributed by atoms with E-state index in [0.717, 1.165) is 5.56 Å². The van der Waals surface area contributed by atoms with Crippen LogP contribution in [0.1, 0.15) is 46.6 Å². The van der Waals surface area contributed by atoms with Crippen molar-refractivity contribution in [2.75, 3.05) is 13.1 Å². The number of ether oxygens (including phenoxy) is 2. The number of rotatable bonds is 6. The van der Waals surface area contributed by atoms with Gasteiger partial charge in [0.1, 0.15) is 11.6 Å². The Morgan fingerprint density at radius 2 is 1.68 bits per heavy atom. The van der Waals surface area contributed by atoms with E-state index in [0.29, 0.717) is 0 Å². The number of alkyl halides is 2. The number of carbonyl (C=O) groups is 3. The average molecular weight is 440 g/mol. The topological polar surface area (TPSA) is 96.0 Å². The van der Waals surface area contributed by atoms with Crippen molar-refractivity contribution in [1.29, 1.82) is 0 Å². The second-order valence-corrected chi connectivity index (χ2v) is 9.27. The van der Waals surface area contributed by atoms with Gasteiger partial charge in [-0.3, -0.25) is 4.79 Å². The van der Waals surface area contributed by atoms with E-state index in [4.69, 9.17) is 9.47 Å². The van der Waals surface area contributed by atoms with E-state index in [9.17, 15) is 28.3 Å². The third-order valence-corrected chi connectivity index (χ3v) is 5.21. The van der Waals surface area contributed by atoms with Crippen molar-refractivity contribution < 1.29 is 37.7 Å². The fraction of sp³-hybridized carbons (Fsp3) is 0.591. The van der Waals surface area contributed by atoms with Crippen LogP contribution in [-0.2, 0) is 24.7 Å². The van der Waals surface area contributed by atoms with Gasteiger partial charge in [-0.1, -0.05) is 51.1 Å². The normalized spacial score (nSPS) is 18.4. The standard InChI is InChI=1S/C22H29F2NO6/c1-20(2,3)17(22(23,24)18(27)28)30-16(26)14-11-12-25(13-14)19(29)31-21(4,5)15-9-7-6-8-10-15/h6-10,14,17H,11-13H2,1-5H3,(H,27,28)/p-1. The van der Waals surface area contributed by atoms with Crippen molar-refractivity contribution in [2.45, 2.75) is 58.7 Å². The molecule has 1 heterocycles. The summed E-state index contributed by atoms with van der Waals surface area (Å²) >= 11 is 0. The van der Waals surface area contributed by atoms with Gasteiger partial charge in [0, 0.05) is 18.5 Å². The Kier molecular flexibility index (Phi) is 6.97. The van der Waals surface area contributed by atoms with Gasteiger partial charge in [-0.05, 0) is 25.8 Å². The Morgan fingerprint density at radius 1 is 1.10 bits per heavy atom. The first-order valence-electron chi connectivity index (χ1n) is 9.99. The van der Waals surface area contributed by atoms with Crippen molar-refractivity contribution in [3.05, 3.63) is 35.9 Å². The molecule has 0 saturated carbocycles. The molecule has 7 nitrogen and oxygen atoms in total. The fourth-order valence-electron chi connectivity index (χ4n) is 3.41. The Balaban J connectivity index is 2.03. The first kappa shape index (κ1) is 24.6. The highest BCUT2D eigenvalue weighted by Gasteiger charge is 2.51. The van der Waals surface area contributed by atoms with Crippen LogP contribution in [0.15, 0.2) is 30.3 Å². The highest BCUT2D eigenvalue weighted by Crippen LogP contribution is 2.36. The molecule has 31 heavy (non-hydrogen) atoms. The molecule has 1 aliphatic heterocycles. The SMILES string of the molecule is CC(C)(OC(=O)N1CCC(C(=O)OC(C(C)(C)C)C(F)(F)C(=O)[O-])C1)c1ccccc1. The molecule has 1 aliphatic rings. The van der Waals surface area contributed by atoms with E-state index >= 15 is 0 Å². The first-order valence-corrected chi connectivity index (χ1v) is 9.99. The molecule has 1 aromatic carbocycles. The number of esters is 1. The van der Waals surface area contributed by atoms with Crippen LogP contribution in [0, 0.1) is 11.3 Å². The summed E-state index contributed by atoms with van der Waals surface area (Å²) in [6.45, 7) is 7.59. The molecular formula is C22H28F2NO6-. The number of hydrogen-bond acceptors (Lipinski definition) is 6. The molecule has 0 bridgehead atoms. The van der Waals surface area contributed by atoms with Gasteiger partial charge < -0.3 is 24.3 Å². The monoisotopic (exact) mass is 440 g/mol. The maximum Gasteiger partial charge on any atom is 0.410 e. The van der Waals surface area contributed by atoms with E-state index < -0.39 is 47.0 Å². The molecule has 2 atom stereocenters. The first-order chi connectivity index (χ1) is 14.2. The van der Waals surface area contributed by atoms with Gasteiger partial charge in [0.05, 0.1) is 5.92 Å². The molecule has 0 N–H and O–H groups in total. The molecule has 1 amide bonds. The number of benzene rings is 1. The minimum Gasteiger partial charge on any atom is -0.544 e. The van der Waals surface area contributed by atoms with Crippen molar-refractivity contribution in [3.63, 3.8) is 0 Å². The molecule has 0 radical (unpaired) electrons. The van der Waals surface area contributed by atoms with Gasteiger partial charge in [0.2, 0.25) is 0 Å². The minimum absolute atomic E-state index is 0.0731. The number of halogens is 2. The number of likely N-dealkylation sites (tertiary alicyclic amines) is 1. The molecule has 1 fully saturated rings. The zero-order valence-electron chi connectivity index (χ0n) is 18.3. The third kappa shape index (κ3) is 5.71. The summed E-state index contributed by atoms with van der Waals surface area (Å²) in [7, 11) is 0. The maximum atomic E-state index is 14.1. The molecule has 0 aliphatic carbocycles. The van der Waals surface area contributed by atoms with Crippen molar-refractivity contribution in [3.8, 4) is 0 Å². The predicted molar refractivity (Wildman–Crippen MR) is 105 cm³/mol. The summed E-state index contributed by atoms with van der Waals surface area (Å²) in [5.41, 5.74) is -1.47. The zero-order chi connectivity index (χ0) is 23.6. The lowest BCUT2D eigenvalue weighted by Crippen LogP contribution is -2.56. The maximum absolute atomic E-state index is 14.1. The van der Waals surface area contributed by atoms with Gasteiger partial charge in [-0.15, -0.1) is 0 Å². The van der Waals surface area contributed by atoms with Crippen LogP contribution >= 0.6 is 0 Å². The Morgan fingerprint density at radius 3 is 2.19 bits per heavy atom. The van der Waals surface area contributed by atoms with E-state index in [2.05, 4.69) is 0 Å². The van der Waals surface area contributed by atoms with Gasteiger partial charge in [-0.2, -0.15) is 8.78 Å². The molecule has 2 unspecified atom stereocenters. The largest absolute Gasteiger partial charge is 0.544 e. The highest BCUT2D eigenvalue weighted by molar-refractivity contribution is 5.78. The number of amides is 1. The highest BCUT2D eigenvalue weighted by atomic mass is 19.3. The van der Waals surface area contributed by atoms with Gasteiger partial charge in [0.25, 0.3) is 0 Å². The zero-order valence-corrected chi connectivity index (χ0v) is 18.3. The van der Waals surface area contributed by atoms with E-state index in [-0.39, 0.29) is 19.5 Å². The van der Waals surface area contributed by atoms with E-state index in [1.807, 2.05) is 30.3 Å². The second-order valence-electron chi connectivity index (χ2n) is 9.27. The lowest BCUT2D eigenvalue weighted by molar-refractivity contribution is -0.339. The summed E-state index contributed by atoms with van der Waals surface area (Å²) in [6.07, 6.45) is -2.67. The van der Waals surface area contributed by atoms with Crippen LogP contribution in [0.4, 0.5) is 13.6 Å². The number of aliphatic carboxylic acids is 1. The van der Waals surface area contributed by atoms with Crippen molar-refractivity contribution in [2.24, 2.45) is 11.3 Å². The quantitative estimate of drug-likeness (QED) is 0.631. The lowest BCUT2D eigenvalue weighted by Gasteiger charge is -2.36. The van der Waals surface area contributed by atoms with Crippen LogP contribution in [0.25, 0.3) is 0 Å². The third-order valence-electron chi connectivity index (χ3n) is 5.21. The fourth-order valence-corrected chi connectivity index (χ4v) is 3.41. The smallest absolute Gasteiger partial charge is 0.410 e. The van der Waals surface area contributed by atoms with Gasteiger partial charge in [-0.25, -0.2) is 4.79 Å². The minimum atomic E-state index is -4.36. The molecule has 172 valence electrons. The summed E-state index contributed by atoms with van der Waals surface area (Å²) in [6, 6.07) is 9.12. The molecule has 0 spiro atoms. The number of hydrogen-bond donors (Lipinski definition) is 0. The molecular weight excluding hydrogens is 412 g/mol. The lowest BCUT2D eigenvalue weighted by atomic mass is 9.85. The van der Waals surface area contributed by atoms with Crippen LogP contribution in [0.3, 0.4) is 0 Å². The summed E-state index contributed by atoms with van der Waals surface area (Å²) in [4.78, 5) is 37.3. The predicted octanol–water partition coefficient (Wildman–Crippen LogP) is 2.72. The molecule has 1 aromatic rings. The van der Waals surface area contributed by atoms with Crippen LogP contribution in [0.2, 0.25) is 0 Å². The Hall–Kier alpha value is -2.71. The van der Waals surface area contributed by atoms with E-state index in [1.165, 1.54) is 25.7 Å². The van der Waals surface area contributed by atoms with Gasteiger partial charge >= 0.3 is 18.0 Å². The molecule has 0 aromatic heterocycles. The number of nitrogens with zero attached hydrogens (tertiary/aromatic N) is 1. The van der Waals surface area contributed by atoms with Gasteiger partial charge in [0.15, 0.2) is 6.10 Å². The second kappa shape index (κ2) is 8.80. The summed E-state index contributed by atoms with van der Waals surface area (Å²) < 4.78 is 38.7. The van der Waals surface area contributed by atoms with Crippen molar-refractivity contribution in [1.82, 2.24) is 4.90 Å². The number of carboxylic acids is 1. The average Bonchev–Trinajstić information content (AvgIpc) is 3.15. The van der Waals surface area contributed by atoms with Crippen molar-refractivity contribution >= 4 is 18.0 Å².